The fraction of sp³-hybridized carbons (Fsp3) is 0.111. The molecule has 0 atom stereocenters. The molecule has 0 aromatic heterocycles. The largest absolute Gasteiger partial charge is 0.216 e. The van der Waals surface area contributed by atoms with Crippen molar-refractivity contribution < 1.29 is 8.42 Å². The standard InChI is InChI=1S/C9H6BrClO2S/c1-14(12,13)6-5-7-8(10)3-2-4-9(7)11/h2-4H,1H3. The summed E-state index contributed by atoms with van der Waals surface area (Å²) in [6.45, 7) is 0. The van der Waals surface area contributed by atoms with Crippen LogP contribution in [0.3, 0.4) is 0 Å². The van der Waals surface area contributed by atoms with Crippen LogP contribution in [0, 0.1) is 11.2 Å². The van der Waals surface area contributed by atoms with Crippen molar-refractivity contribution in [1.29, 1.82) is 0 Å². The molecule has 0 unspecified atom stereocenters. The topological polar surface area (TPSA) is 34.1 Å². The lowest BCUT2D eigenvalue weighted by Crippen LogP contribution is -1.89. The SMILES string of the molecule is CS(=O)(=O)C#Cc1c(Cl)cccc1Br. The highest BCUT2D eigenvalue weighted by atomic mass is 79.9. The van der Waals surface area contributed by atoms with Crippen molar-refractivity contribution in [2.75, 3.05) is 6.26 Å². The van der Waals surface area contributed by atoms with Gasteiger partial charge in [-0.2, -0.15) is 0 Å². The zero-order valence-electron chi connectivity index (χ0n) is 7.21. The lowest BCUT2D eigenvalue weighted by atomic mass is 10.2. The van der Waals surface area contributed by atoms with Gasteiger partial charge in [0.1, 0.15) is 0 Å². The molecule has 0 radical (unpaired) electrons. The van der Waals surface area contributed by atoms with Crippen LogP contribution in [0.2, 0.25) is 5.02 Å². The second-order valence-electron chi connectivity index (χ2n) is 2.60. The van der Waals surface area contributed by atoms with Crippen LogP contribution in [0.1, 0.15) is 5.56 Å². The molecule has 74 valence electrons. The average Bonchev–Trinajstić information content (AvgIpc) is 2.01. The van der Waals surface area contributed by atoms with Gasteiger partial charge in [0.2, 0.25) is 9.84 Å². The van der Waals surface area contributed by atoms with Gasteiger partial charge in [-0.3, -0.25) is 0 Å². The van der Waals surface area contributed by atoms with Gasteiger partial charge in [-0.25, -0.2) is 8.42 Å². The van der Waals surface area contributed by atoms with E-state index < -0.39 is 9.84 Å². The highest BCUT2D eigenvalue weighted by Crippen LogP contribution is 2.23. The maximum absolute atomic E-state index is 10.8. The second-order valence-corrected chi connectivity index (χ2v) is 5.61. The van der Waals surface area contributed by atoms with E-state index >= 15 is 0 Å². The highest BCUT2D eigenvalue weighted by molar-refractivity contribution is 9.10. The van der Waals surface area contributed by atoms with E-state index in [0.717, 1.165) is 6.26 Å². The van der Waals surface area contributed by atoms with Gasteiger partial charge in [-0.15, -0.1) is 0 Å². The van der Waals surface area contributed by atoms with Crippen LogP contribution in [-0.4, -0.2) is 14.7 Å². The Bertz CT molecular complexity index is 491. The van der Waals surface area contributed by atoms with E-state index in [2.05, 4.69) is 27.1 Å². The van der Waals surface area contributed by atoms with Crippen LogP contribution in [0.5, 0.6) is 0 Å². The summed E-state index contributed by atoms with van der Waals surface area (Å²) in [5.74, 6) is 2.50. The van der Waals surface area contributed by atoms with Crippen LogP contribution in [0.15, 0.2) is 22.7 Å². The lowest BCUT2D eigenvalue weighted by molar-refractivity contribution is 0.611. The van der Waals surface area contributed by atoms with E-state index in [0.29, 0.717) is 15.1 Å². The van der Waals surface area contributed by atoms with Crippen molar-refractivity contribution >= 4 is 37.4 Å². The quantitative estimate of drug-likeness (QED) is 0.689. The molecule has 0 N–H and O–H groups in total. The Hall–Kier alpha value is -0.500. The molecule has 0 saturated heterocycles. The Kier molecular flexibility index (Phi) is 3.59. The molecule has 1 rings (SSSR count). The molecule has 0 aliphatic rings. The van der Waals surface area contributed by atoms with Crippen molar-refractivity contribution in [2.24, 2.45) is 0 Å². The summed E-state index contributed by atoms with van der Waals surface area (Å²) < 4.78 is 22.3. The predicted molar refractivity (Wildman–Crippen MR) is 60.9 cm³/mol. The zero-order valence-corrected chi connectivity index (χ0v) is 10.4. The zero-order chi connectivity index (χ0) is 10.8. The average molecular weight is 294 g/mol. The van der Waals surface area contributed by atoms with Crippen LogP contribution in [0.4, 0.5) is 0 Å². The van der Waals surface area contributed by atoms with Crippen molar-refractivity contribution in [3.63, 3.8) is 0 Å². The van der Waals surface area contributed by atoms with E-state index in [1.165, 1.54) is 0 Å². The highest BCUT2D eigenvalue weighted by Gasteiger charge is 2.01. The molecular formula is C9H6BrClO2S. The van der Waals surface area contributed by atoms with Gasteiger partial charge in [0.15, 0.2) is 0 Å². The van der Waals surface area contributed by atoms with Crippen molar-refractivity contribution in [3.8, 4) is 11.2 Å². The molecular weight excluding hydrogens is 288 g/mol. The maximum Gasteiger partial charge on any atom is 0.214 e. The van der Waals surface area contributed by atoms with Gasteiger partial charge in [-0.1, -0.05) is 17.7 Å². The number of sulfone groups is 1. The summed E-state index contributed by atoms with van der Waals surface area (Å²) in [5, 5.41) is 2.55. The number of halogens is 2. The van der Waals surface area contributed by atoms with Crippen molar-refractivity contribution in [1.82, 2.24) is 0 Å². The third-order valence-electron chi connectivity index (χ3n) is 1.32. The fourth-order valence-corrected chi connectivity index (χ4v) is 1.85. The molecule has 5 heteroatoms. The van der Waals surface area contributed by atoms with Gasteiger partial charge in [0.25, 0.3) is 0 Å². The molecule has 0 fully saturated rings. The summed E-state index contributed by atoms with van der Waals surface area (Å²) in [7, 11) is -3.30. The maximum atomic E-state index is 10.8. The molecule has 0 bridgehead atoms. The first-order valence-electron chi connectivity index (χ1n) is 3.57. The van der Waals surface area contributed by atoms with Crippen LogP contribution in [0.25, 0.3) is 0 Å². The molecule has 14 heavy (non-hydrogen) atoms. The molecule has 1 aromatic carbocycles. The molecule has 0 heterocycles. The number of benzene rings is 1. The van der Waals surface area contributed by atoms with Crippen LogP contribution in [-0.2, 0) is 9.84 Å². The first kappa shape index (κ1) is 11.6. The Balaban J connectivity index is 3.26. The first-order valence-corrected chi connectivity index (χ1v) is 6.63. The van der Waals surface area contributed by atoms with Crippen molar-refractivity contribution in [3.05, 3.63) is 33.3 Å². The van der Waals surface area contributed by atoms with E-state index in [9.17, 15) is 8.42 Å². The Morgan fingerprint density at radius 1 is 1.43 bits per heavy atom. The summed E-state index contributed by atoms with van der Waals surface area (Å²) >= 11 is 9.06. The van der Waals surface area contributed by atoms with Gasteiger partial charge < -0.3 is 0 Å². The molecule has 0 aliphatic carbocycles. The number of hydrogen-bond acceptors (Lipinski definition) is 2. The molecule has 2 nitrogen and oxygen atoms in total. The van der Waals surface area contributed by atoms with Crippen molar-refractivity contribution in [2.45, 2.75) is 0 Å². The van der Waals surface area contributed by atoms with Crippen LogP contribution >= 0.6 is 27.5 Å². The fourth-order valence-electron chi connectivity index (χ4n) is 0.761. The Morgan fingerprint density at radius 3 is 2.57 bits per heavy atom. The number of rotatable bonds is 0. The predicted octanol–water partition coefficient (Wildman–Crippen LogP) is 2.46. The Labute approximate surface area is 96.3 Å². The third kappa shape index (κ3) is 3.33. The van der Waals surface area contributed by atoms with E-state index in [4.69, 9.17) is 11.6 Å². The third-order valence-corrected chi connectivity index (χ3v) is 2.77. The second kappa shape index (κ2) is 4.35. The summed E-state index contributed by atoms with van der Waals surface area (Å²) in [6, 6.07) is 5.15. The molecule has 0 aliphatic heterocycles. The van der Waals surface area contributed by atoms with Gasteiger partial charge >= 0.3 is 0 Å². The molecule has 0 saturated carbocycles. The minimum atomic E-state index is -3.30. The molecule has 0 amide bonds. The smallest absolute Gasteiger partial charge is 0.214 e. The van der Waals surface area contributed by atoms with E-state index in [-0.39, 0.29) is 0 Å². The first-order chi connectivity index (χ1) is 6.40. The van der Waals surface area contributed by atoms with E-state index in [1.54, 1.807) is 18.2 Å². The summed E-state index contributed by atoms with van der Waals surface area (Å²) in [6.07, 6.45) is 1.05. The summed E-state index contributed by atoms with van der Waals surface area (Å²) in [4.78, 5) is 0. The number of hydrogen-bond donors (Lipinski definition) is 0. The lowest BCUT2D eigenvalue weighted by Gasteiger charge is -1.97. The van der Waals surface area contributed by atoms with Gasteiger partial charge in [0.05, 0.1) is 16.8 Å². The Morgan fingerprint density at radius 2 is 2.07 bits per heavy atom. The molecule has 0 spiro atoms. The minimum Gasteiger partial charge on any atom is -0.216 e. The monoisotopic (exact) mass is 292 g/mol. The van der Waals surface area contributed by atoms with Gasteiger partial charge in [-0.05, 0) is 34.0 Å². The minimum absolute atomic E-state index is 0.426. The van der Waals surface area contributed by atoms with E-state index in [1.807, 2.05) is 0 Å². The van der Waals surface area contributed by atoms with Crippen LogP contribution < -0.4 is 0 Å². The molecule has 1 aromatic rings. The summed E-state index contributed by atoms with van der Waals surface area (Å²) in [5.41, 5.74) is 0.486. The normalized spacial score (nSPS) is 10.5. The van der Waals surface area contributed by atoms with Gasteiger partial charge in [0, 0.05) is 9.73 Å².